The van der Waals surface area contributed by atoms with Crippen LogP contribution in [0.3, 0.4) is 0 Å². The molecule has 28 heavy (non-hydrogen) atoms. The fraction of sp³-hybridized carbons (Fsp3) is 0.500. The van der Waals surface area contributed by atoms with Crippen LogP contribution in [0, 0.1) is 5.41 Å². The number of carbonyl (C=O) groups is 4. The van der Waals surface area contributed by atoms with E-state index in [1.807, 2.05) is 6.07 Å². The quantitative estimate of drug-likeness (QED) is 0.639. The van der Waals surface area contributed by atoms with Crippen LogP contribution in [0.15, 0.2) is 18.2 Å². The second kappa shape index (κ2) is 6.79. The zero-order valence-electron chi connectivity index (χ0n) is 16.0. The molecule has 1 aromatic carbocycles. The van der Waals surface area contributed by atoms with Crippen LogP contribution < -0.4 is 16.0 Å². The summed E-state index contributed by atoms with van der Waals surface area (Å²) in [5, 5.41) is 9.07. The minimum atomic E-state index is -0.941. The summed E-state index contributed by atoms with van der Waals surface area (Å²) >= 11 is 0. The molecule has 1 aromatic rings. The highest BCUT2D eigenvalue weighted by atomic mass is 16.2. The average Bonchev–Trinajstić information content (AvgIpc) is 3.11. The van der Waals surface area contributed by atoms with E-state index in [0.717, 1.165) is 23.6 Å². The fourth-order valence-corrected chi connectivity index (χ4v) is 4.25. The number of piperidine rings is 1. The van der Waals surface area contributed by atoms with E-state index in [4.69, 9.17) is 0 Å². The molecule has 3 aliphatic rings. The van der Waals surface area contributed by atoms with Crippen LogP contribution in [0.4, 0.5) is 0 Å². The number of imide groups is 2. The van der Waals surface area contributed by atoms with Crippen LogP contribution in [0.5, 0.6) is 0 Å². The Hall–Kier alpha value is -2.58. The zero-order valence-corrected chi connectivity index (χ0v) is 16.0. The van der Waals surface area contributed by atoms with Crippen molar-refractivity contribution >= 4 is 23.6 Å². The Labute approximate surface area is 163 Å². The van der Waals surface area contributed by atoms with Crippen molar-refractivity contribution in [3.8, 4) is 0 Å². The summed E-state index contributed by atoms with van der Waals surface area (Å²) in [6.07, 6.45) is 0.271. The lowest BCUT2D eigenvalue weighted by molar-refractivity contribution is -0.136. The van der Waals surface area contributed by atoms with E-state index < -0.39 is 23.8 Å². The Morgan fingerprint density at radius 1 is 1.18 bits per heavy atom. The molecule has 3 N–H and O–H groups in total. The van der Waals surface area contributed by atoms with Gasteiger partial charge in [0.15, 0.2) is 0 Å². The van der Waals surface area contributed by atoms with Crippen LogP contribution >= 0.6 is 0 Å². The number of hydrogen-bond donors (Lipinski definition) is 3. The second-order valence-electron chi connectivity index (χ2n) is 8.34. The van der Waals surface area contributed by atoms with Gasteiger partial charge in [0, 0.05) is 32.1 Å². The van der Waals surface area contributed by atoms with Crippen molar-refractivity contribution in [2.45, 2.75) is 45.3 Å². The summed E-state index contributed by atoms with van der Waals surface area (Å²) in [6.45, 7) is 6.58. The number of amides is 4. The number of rotatable bonds is 4. The molecule has 3 aliphatic heterocycles. The molecular weight excluding hydrogens is 360 g/mol. The summed E-state index contributed by atoms with van der Waals surface area (Å²) < 4.78 is 0. The number of benzene rings is 1. The van der Waals surface area contributed by atoms with Crippen molar-refractivity contribution in [1.82, 2.24) is 20.9 Å². The lowest BCUT2D eigenvalue weighted by Gasteiger charge is -2.28. The summed E-state index contributed by atoms with van der Waals surface area (Å²) in [7, 11) is 0. The molecule has 0 bridgehead atoms. The highest BCUT2D eigenvalue weighted by Gasteiger charge is 2.45. The van der Waals surface area contributed by atoms with Gasteiger partial charge >= 0.3 is 0 Å². The van der Waals surface area contributed by atoms with Gasteiger partial charge in [-0.2, -0.15) is 0 Å². The van der Waals surface area contributed by atoms with Crippen LogP contribution in [-0.2, 0) is 16.1 Å². The average molecular weight is 384 g/mol. The smallest absolute Gasteiger partial charge is 0.262 e. The topological polar surface area (TPSA) is 108 Å². The lowest BCUT2D eigenvalue weighted by Crippen LogP contribution is -2.54. The molecule has 148 valence electrons. The standard InChI is InChI=1S/C20H24N4O4/c1-20(2)10-21-9-14(20)22-8-11-4-3-5-12-16(11)19(28)24(18(12)27)13-6-7-15(25)23-17(13)26/h3-5,13-14,21-22H,6-10H2,1-2H3,(H,23,25,26). The molecule has 2 unspecified atom stereocenters. The first-order chi connectivity index (χ1) is 13.3. The maximum Gasteiger partial charge on any atom is 0.262 e. The Morgan fingerprint density at radius 2 is 1.96 bits per heavy atom. The third-order valence-corrected chi connectivity index (χ3v) is 5.97. The van der Waals surface area contributed by atoms with Crippen LogP contribution in [0.2, 0.25) is 0 Å². The minimum Gasteiger partial charge on any atom is -0.315 e. The first kappa shape index (κ1) is 18.8. The van der Waals surface area contributed by atoms with Gasteiger partial charge in [0.05, 0.1) is 11.1 Å². The number of fused-ring (bicyclic) bond motifs is 1. The van der Waals surface area contributed by atoms with Crippen LogP contribution in [0.1, 0.15) is 53.0 Å². The predicted octanol–water partition coefficient (Wildman–Crippen LogP) is 0.175. The number of nitrogens with zero attached hydrogens (tertiary/aromatic N) is 1. The van der Waals surface area contributed by atoms with Gasteiger partial charge in [0.2, 0.25) is 11.8 Å². The van der Waals surface area contributed by atoms with E-state index in [-0.39, 0.29) is 30.2 Å². The SMILES string of the molecule is CC1(C)CNCC1NCc1cccc2c1C(=O)N(C1CCC(=O)NC1=O)C2=O. The molecule has 0 saturated carbocycles. The lowest BCUT2D eigenvalue weighted by atomic mass is 9.87. The van der Waals surface area contributed by atoms with E-state index in [1.54, 1.807) is 12.1 Å². The Morgan fingerprint density at radius 3 is 2.64 bits per heavy atom. The van der Waals surface area contributed by atoms with Crippen LogP contribution in [0.25, 0.3) is 0 Å². The number of carbonyl (C=O) groups excluding carboxylic acids is 4. The Kier molecular flexibility index (Phi) is 4.55. The molecule has 4 rings (SSSR count). The monoisotopic (exact) mass is 384 g/mol. The molecule has 0 spiro atoms. The molecule has 0 aliphatic carbocycles. The van der Waals surface area contributed by atoms with E-state index in [1.165, 1.54) is 0 Å². The Bertz CT molecular complexity index is 879. The van der Waals surface area contributed by atoms with Crippen molar-refractivity contribution in [3.05, 3.63) is 34.9 Å². The molecule has 2 atom stereocenters. The first-order valence-electron chi connectivity index (χ1n) is 9.57. The van der Waals surface area contributed by atoms with Gasteiger partial charge < -0.3 is 10.6 Å². The Balaban J connectivity index is 1.58. The van der Waals surface area contributed by atoms with Gasteiger partial charge in [0.25, 0.3) is 11.8 Å². The molecule has 2 saturated heterocycles. The largest absolute Gasteiger partial charge is 0.315 e. The predicted molar refractivity (Wildman–Crippen MR) is 100 cm³/mol. The summed E-state index contributed by atoms with van der Waals surface area (Å²) in [4.78, 5) is 50.5. The second-order valence-corrected chi connectivity index (χ2v) is 8.34. The summed E-state index contributed by atoms with van der Waals surface area (Å²) in [5.41, 5.74) is 1.51. The molecular formula is C20H24N4O4. The van der Waals surface area contributed by atoms with Gasteiger partial charge in [-0.05, 0) is 23.5 Å². The van der Waals surface area contributed by atoms with Gasteiger partial charge in [-0.25, -0.2) is 0 Å². The van der Waals surface area contributed by atoms with E-state index in [9.17, 15) is 19.2 Å². The first-order valence-corrected chi connectivity index (χ1v) is 9.57. The van der Waals surface area contributed by atoms with Gasteiger partial charge in [-0.3, -0.25) is 29.4 Å². The summed E-state index contributed by atoms with van der Waals surface area (Å²) in [6, 6.07) is 4.52. The van der Waals surface area contributed by atoms with Crippen molar-refractivity contribution in [1.29, 1.82) is 0 Å². The van der Waals surface area contributed by atoms with Crippen molar-refractivity contribution in [2.24, 2.45) is 5.41 Å². The van der Waals surface area contributed by atoms with E-state index >= 15 is 0 Å². The third-order valence-electron chi connectivity index (χ3n) is 5.97. The maximum atomic E-state index is 13.1. The van der Waals surface area contributed by atoms with Gasteiger partial charge in [0.1, 0.15) is 6.04 Å². The molecule has 0 aromatic heterocycles. The molecule has 4 amide bonds. The third kappa shape index (κ3) is 3.02. The van der Waals surface area contributed by atoms with Crippen molar-refractivity contribution < 1.29 is 19.2 Å². The molecule has 8 nitrogen and oxygen atoms in total. The van der Waals surface area contributed by atoms with Crippen molar-refractivity contribution in [3.63, 3.8) is 0 Å². The number of nitrogens with one attached hydrogen (secondary N) is 3. The normalized spacial score (nSPS) is 26.6. The maximum absolute atomic E-state index is 13.1. The molecule has 2 fully saturated rings. The van der Waals surface area contributed by atoms with Gasteiger partial charge in [-0.1, -0.05) is 26.0 Å². The zero-order chi connectivity index (χ0) is 20.1. The summed E-state index contributed by atoms with van der Waals surface area (Å²) in [5.74, 6) is -1.91. The number of hydrogen-bond acceptors (Lipinski definition) is 6. The minimum absolute atomic E-state index is 0.0938. The molecule has 8 heteroatoms. The van der Waals surface area contributed by atoms with Crippen molar-refractivity contribution in [2.75, 3.05) is 13.1 Å². The van der Waals surface area contributed by atoms with E-state index in [2.05, 4.69) is 29.8 Å². The molecule has 3 heterocycles. The van der Waals surface area contributed by atoms with E-state index in [0.29, 0.717) is 17.7 Å². The molecule has 0 radical (unpaired) electrons. The highest BCUT2D eigenvalue weighted by Crippen LogP contribution is 2.30. The van der Waals surface area contributed by atoms with Crippen LogP contribution in [-0.4, -0.2) is 53.7 Å². The highest BCUT2D eigenvalue weighted by molar-refractivity contribution is 6.24. The fourth-order valence-electron chi connectivity index (χ4n) is 4.25. The van der Waals surface area contributed by atoms with Gasteiger partial charge in [-0.15, -0.1) is 0 Å².